The fourth-order valence-electron chi connectivity index (χ4n) is 1.93. The van der Waals surface area contributed by atoms with Gasteiger partial charge < -0.3 is 7.43 Å². The van der Waals surface area contributed by atoms with Gasteiger partial charge in [-0.3, -0.25) is 9.59 Å². The zero-order valence-corrected chi connectivity index (χ0v) is 15.7. The first-order valence-electron chi connectivity index (χ1n) is 5.72. The summed E-state index contributed by atoms with van der Waals surface area (Å²) >= 11 is 5.87. The number of carbonyl (C=O) groups is 2. The molecular weight excluding hydrogens is 398 g/mol. The summed E-state index contributed by atoms with van der Waals surface area (Å²) in [4.78, 5) is 21.0. The molecule has 1 fully saturated rings. The van der Waals surface area contributed by atoms with E-state index in [0.29, 0.717) is 11.2 Å². The van der Waals surface area contributed by atoms with Crippen molar-refractivity contribution in [3.63, 3.8) is 0 Å². The molecule has 0 aromatic heterocycles. The third kappa shape index (κ3) is 12.4. The average molecular weight is 421 g/mol. The van der Waals surface area contributed by atoms with E-state index < -0.39 is 0 Å². The van der Waals surface area contributed by atoms with Crippen LogP contribution in [-0.2, 0) is 22.4 Å². The van der Waals surface area contributed by atoms with Crippen molar-refractivity contribution in [2.45, 2.75) is 52.9 Å². The van der Waals surface area contributed by atoms with Gasteiger partial charge in [0, 0.05) is 19.3 Å². The monoisotopic (exact) mass is 420 g/mol. The van der Waals surface area contributed by atoms with E-state index >= 15 is 0 Å². The fourth-order valence-corrected chi connectivity index (χ4v) is 1.93. The molecule has 2 nitrogen and oxygen atoms in total. The number of carbonyl (C=O) groups excluding carboxylic acids is 2. The Labute approximate surface area is 149 Å². The quantitative estimate of drug-likeness (QED) is 0.337. The minimum atomic E-state index is 0. The van der Waals surface area contributed by atoms with Gasteiger partial charge in [0.1, 0.15) is 5.78 Å². The first-order valence-corrected chi connectivity index (χ1v) is 8.76. The van der Waals surface area contributed by atoms with Gasteiger partial charge in [0.15, 0.2) is 5.78 Å². The molecule has 0 atom stereocenters. The van der Waals surface area contributed by atoms with Crippen molar-refractivity contribution in [2.24, 2.45) is 5.41 Å². The Balaban J connectivity index is -0.000000219. The van der Waals surface area contributed by atoms with Crippen molar-refractivity contribution in [3.8, 4) is 0 Å². The molecule has 1 saturated carbocycles. The normalized spacial score (nSPS) is 18.9. The molecule has 2 aliphatic carbocycles. The Morgan fingerprint density at radius 2 is 1.68 bits per heavy atom. The van der Waals surface area contributed by atoms with Gasteiger partial charge >= 0.3 is 52.0 Å². The molecule has 0 aliphatic heterocycles. The Morgan fingerprint density at radius 3 is 1.79 bits per heavy atom. The molecule has 2 rings (SSSR count). The van der Waals surface area contributed by atoms with Crippen LogP contribution in [0.25, 0.3) is 0 Å². The molecule has 0 aromatic carbocycles. The van der Waals surface area contributed by atoms with E-state index in [4.69, 9.17) is 0 Å². The predicted molar refractivity (Wildman–Crippen MR) is 81.1 cm³/mol. The second-order valence-corrected chi connectivity index (χ2v) is 5.34. The maximum absolute atomic E-state index is 10.7. The van der Waals surface area contributed by atoms with Crippen LogP contribution in [0.2, 0.25) is 0 Å². The maximum atomic E-state index is 10.7. The minimum absolute atomic E-state index is 0. The van der Waals surface area contributed by atoms with Gasteiger partial charge in [-0.15, -0.1) is 0 Å². The van der Waals surface area contributed by atoms with Gasteiger partial charge in [-0.05, 0) is 31.3 Å². The molecule has 19 heavy (non-hydrogen) atoms. The second-order valence-electron chi connectivity index (χ2n) is 5.34. The van der Waals surface area contributed by atoms with Gasteiger partial charge in [0.05, 0.1) is 0 Å². The first-order chi connectivity index (χ1) is 7.89. The molecular formula is C14H23CuILiO2. The van der Waals surface area contributed by atoms with Crippen LogP contribution in [0.4, 0.5) is 0 Å². The molecule has 0 spiro atoms. The number of Topliss-reactive ketones (excluding diaryl/α,β-unsaturated/α-hetero) is 1. The van der Waals surface area contributed by atoms with Crippen LogP contribution < -0.4 is 18.9 Å². The number of rotatable bonds is 0. The molecule has 0 saturated heterocycles. The minimum Gasteiger partial charge on any atom is 1.00 e. The van der Waals surface area contributed by atoms with Gasteiger partial charge in [0.25, 0.3) is 0 Å². The summed E-state index contributed by atoms with van der Waals surface area (Å²) in [5, 5.41) is 0. The van der Waals surface area contributed by atoms with Crippen molar-refractivity contribution < 1.29 is 41.2 Å². The van der Waals surface area contributed by atoms with Crippen molar-refractivity contribution >= 4 is 31.9 Å². The van der Waals surface area contributed by atoms with Crippen LogP contribution in [0.15, 0.2) is 11.6 Å². The second kappa shape index (κ2) is 12.7. The third-order valence-corrected chi connectivity index (χ3v) is 2.93. The van der Waals surface area contributed by atoms with Crippen molar-refractivity contribution in [2.75, 3.05) is 0 Å². The van der Waals surface area contributed by atoms with Crippen LogP contribution in [0.3, 0.4) is 0 Å². The van der Waals surface area contributed by atoms with Crippen LogP contribution in [0.5, 0.6) is 0 Å². The van der Waals surface area contributed by atoms with E-state index in [-0.39, 0.29) is 32.1 Å². The van der Waals surface area contributed by atoms with Gasteiger partial charge in [-0.25, -0.2) is 0 Å². The Kier molecular flexibility index (Phi) is 16.6. The average Bonchev–Trinajstić information content (AvgIpc) is 2.76. The van der Waals surface area contributed by atoms with Crippen molar-refractivity contribution in [3.05, 3.63) is 19.1 Å². The molecule has 0 bridgehead atoms. The zero-order valence-electron chi connectivity index (χ0n) is 12.6. The van der Waals surface area contributed by atoms with E-state index in [9.17, 15) is 9.59 Å². The number of ketones is 2. The first kappa shape index (κ1) is 24.9. The van der Waals surface area contributed by atoms with Crippen molar-refractivity contribution in [1.29, 1.82) is 0 Å². The number of allylic oxidation sites excluding steroid dienone is 2. The molecule has 5 heteroatoms. The van der Waals surface area contributed by atoms with Crippen LogP contribution in [-0.4, -0.2) is 11.6 Å². The van der Waals surface area contributed by atoms with Crippen LogP contribution >= 0.6 is 20.3 Å². The summed E-state index contributed by atoms with van der Waals surface area (Å²) < 4.78 is 0. The summed E-state index contributed by atoms with van der Waals surface area (Å²) in [5.74, 6) is 0.729. The predicted octanol–water partition coefficient (Wildman–Crippen LogP) is 1.40. The standard InChI is InChI=1S/C7H12O.C6H8O.CH3.Cu.HI.Li/c1-7(2)4-3-6(8)5-7;1-5-2-3-6(7)4-5;;;;/h3-5H2,1-2H3;4H,2-3H2,1H3;1H3;;1H;/q;;-1;+1;;+1/p-1. The van der Waals surface area contributed by atoms with E-state index in [1.165, 1.54) is 5.57 Å². The Morgan fingerprint density at radius 1 is 1.16 bits per heavy atom. The number of hydrogen-bond donors (Lipinski definition) is 0. The Bertz CT molecular complexity index is 315. The summed E-state index contributed by atoms with van der Waals surface area (Å²) in [6, 6.07) is 0. The SMILES string of the molecule is CC1(C)CCC(=O)C1.CC1=CC(=O)CC1.[CH3-].[Cu][I].[Li+]. The van der Waals surface area contributed by atoms with Gasteiger partial charge in [0.2, 0.25) is 0 Å². The van der Waals surface area contributed by atoms with Crippen molar-refractivity contribution in [1.82, 2.24) is 0 Å². The maximum Gasteiger partial charge on any atom is 1.00 e. The topological polar surface area (TPSA) is 34.1 Å². The summed E-state index contributed by atoms with van der Waals surface area (Å²) in [6.07, 6.45) is 6.15. The smallest absolute Gasteiger partial charge is 1.00 e. The van der Waals surface area contributed by atoms with E-state index in [0.717, 1.165) is 32.1 Å². The Hall–Kier alpha value is 0.927. The molecule has 0 unspecified atom stereocenters. The van der Waals surface area contributed by atoms with Crippen LogP contribution in [0, 0.1) is 12.8 Å². The van der Waals surface area contributed by atoms with Crippen LogP contribution in [0.1, 0.15) is 52.9 Å². The molecule has 0 heterocycles. The molecule has 0 N–H and O–H groups in total. The molecule has 0 amide bonds. The van der Waals surface area contributed by atoms with E-state index in [1.54, 1.807) is 26.4 Å². The molecule has 2 aliphatic rings. The summed E-state index contributed by atoms with van der Waals surface area (Å²) in [5.41, 5.74) is 1.54. The number of hydrogen-bond acceptors (Lipinski definition) is 2. The number of halogens is 1. The largest absolute Gasteiger partial charge is 1.00 e. The van der Waals surface area contributed by atoms with E-state index in [1.807, 2.05) is 6.92 Å². The summed E-state index contributed by atoms with van der Waals surface area (Å²) in [7, 11) is 0. The molecule has 0 radical (unpaired) electrons. The van der Waals surface area contributed by atoms with E-state index in [2.05, 4.69) is 26.6 Å². The van der Waals surface area contributed by atoms with Gasteiger partial charge in [-0.1, -0.05) is 19.4 Å². The summed E-state index contributed by atoms with van der Waals surface area (Å²) in [6.45, 7) is 6.29. The molecule has 110 valence electrons. The molecule has 0 aromatic rings. The zero-order chi connectivity index (χ0) is 13.5. The van der Waals surface area contributed by atoms with Gasteiger partial charge in [-0.2, -0.15) is 0 Å². The fraction of sp³-hybridized carbons (Fsp3) is 0.643. The third-order valence-electron chi connectivity index (χ3n) is 2.93.